The summed E-state index contributed by atoms with van der Waals surface area (Å²) in [6.07, 6.45) is 1.35. The first kappa shape index (κ1) is 23.2. The molecule has 8 nitrogen and oxygen atoms in total. The maximum absolute atomic E-state index is 13.8. The van der Waals surface area contributed by atoms with E-state index in [1.165, 1.54) is 41.1 Å². The number of fused-ring (bicyclic) bond motifs is 1. The molecule has 0 bridgehead atoms. The summed E-state index contributed by atoms with van der Waals surface area (Å²) < 4.78 is 20.1. The second-order valence-electron chi connectivity index (χ2n) is 8.57. The third kappa shape index (κ3) is 3.93. The van der Waals surface area contributed by atoms with Gasteiger partial charge in [0.15, 0.2) is 5.69 Å². The molecule has 176 valence electrons. The number of amides is 2. The minimum Gasteiger partial charge on any atom is -0.464 e. The first-order valence-corrected chi connectivity index (χ1v) is 10.7. The van der Waals surface area contributed by atoms with Crippen molar-refractivity contribution in [1.82, 2.24) is 14.9 Å². The Balaban J connectivity index is 1.77. The van der Waals surface area contributed by atoms with Crippen LogP contribution in [0.5, 0.6) is 0 Å². The molecule has 0 radical (unpaired) electrons. The average Bonchev–Trinajstić information content (AvgIpc) is 3.23. The molecular formula is C25H25FN4O4. The summed E-state index contributed by atoms with van der Waals surface area (Å²) in [6.45, 7) is 5.57. The van der Waals surface area contributed by atoms with E-state index in [0.717, 1.165) is 11.1 Å². The van der Waals surface area contributed by atoms with Crippen LogP contribution in [0.1, 0.15) is 44.6 Å². The Morgan fingerprint density at radius 3 is 2.53 bits per heavy atom. The van der Waals surface area contributed by atoms with Crippen molar-refractivity contribution in [2.24, 2.45) is 0 Å². The number of carbonyl (C=O) groups excluding carboxylic acids is 3. The van der Waals surface area contributed by atoms with E-state index < -0.39 is 29.1 Å². The van der Waals surface area contributed by atoms with E-state index in [-0.39, 0.29) is 24.5 Å². The van der Waals surface area contributed by atoms with Crippen LogP contribution in [0.25, 0.3) is 0 Å². The lowest BCUT2D eigenvalue weighted by Gasteiger charge is -2.44. The van der Waals surface area contributed by atoms with Crippen molar-refractivity contribution in [2.45, 2.75) is 39.4 Å². The maximum Gasteiger partial charge on any atom is 0.359 e. The average molecular weight is 464 g/mol. The number of carbonyl (C=O) groups is 3. The van der Waals surface area contributed by atoms with Gasteiger partial charge in [0.2, 0.25) is 5.91 Å². The van der Waals surface area contributed by atoms with Crippen molar-refractivity contribution in [2.75, 3.05) is 12.0 Å². The van der Waals surface area contributed by atoms with E-state index in [9.17, 15) is 18.8 Å². The molecule has 0 fully saturated rings. The predicted octanol–water partition coefficient (Wildman–Crippen LogP) is 3.16. The molecule has 9 heteroatoms. The van der Waals surface area contributed by atoms with Crippen LogP contribution in [0.15, 0.2) is 48.8 Å². The van der Waals surface area contributed by atoms with Gasteiger partial charge in [0.1, 0.15) is 17.1 Å². The van der Waals surface area contributed by atoms with Crippen molar-refractivity contribution in [1.29, 1.82) is 0 Å². The van der Waals surface area contributed by atoms with Crippen LogP contribution in [0.4, 0.5) is 10.1 Å². The molecule has 34 heavy (non-hydrogen) atoms. The lowest BCUT2D eigenvalue weighted by molar-refractivity contribution is -0.126. The summed E-state index contributed by atoms with van der Waals surface area (Å²) in [6, 6.07) is 11.7. The van der Waals surface area contributed by atoms with Gasteiger partial charge in [-0.1, -0.05) is 29.8 Å². The zero-order chi connectivity index (χ0) is 24.6. The van der Waals surface area contributed by atoms with Gasteiger partial charge < -0.3 is 14.6 Å². The number of hydrogen-bond acceptors (Lipinski definition) is 5. The van der Waals surface area contributed by atoms with Gasteiger partial charge >= 0.3 is 5.97 Å². The van der Waals surface area contributed by atoms with Gasteiger partial charge in [-0.2, -0.15) is 0 Å². The van der Waals surface area contributed by atoms with E-state index >= 15 is 0 Å². The SMILES string of the molecule is COC(=O)c1ncn2c1C(=O)N(c1ccc(F)cc1C)C(C)(C(=O)NCc1ccc(C)cc1)C2. The largest absolute Gasteiger partial charge is 0.464 e. The summed E-state index contributed by atoms with van der Waals surface area (Å²) in [4.78, 5) is 44.9. The van der Waals surface area contributed by atoms with Crippen molar-refractivity contribution in [3.05, 3.63) is 82.7 Å². The van der Waals surface area contributed by atoms with E-state index in [4.69, 9.17) is 4.74 Å². The minimum absolute atomic E-state index is 0.0133. The molecular weight excluding hydrogens is 439 g/mol. The third-order valence-electron chi connectivity index (χ3n) is 6.06. The van der Waals surface area contributed by atoms with Crippen LogP contribution in [-0.4, -0.2) is 40.0 Å². The summed E-state index contributed by atoms with van der Waals surface area (Å²) >= 11 is 0. The topological polar surface area (TPSA) is 93.5 Å². The fourth-order valence-electron chi connectivity index (χ4n) is 4.20. The molecule has 0 saturated carbocycles. The number of nitrogens with one attached hydrogen (secondary N) is 1. The van der Waals surface area contributed by atoms with Crippen molar-refractivity contribution < 1.29 is 23.5 Å². The number of esters is 1. The first-order valence-electron chi connectivity index (χ1n) is 10.7. The molecule has 1 atom stereocenters. The predicted molar refractivity (Wildman–Crippen MR) is 123 cm³/mol. The van der Waals surface area contributed by atoms with Crippen molar-refractivity contribution >= 4 is 23.5 Å². The first-order chi connectivity index (χ1) is 16.2. The van der Waals surface area contributed by atoms with Crippen LogP contribution in [-0.2, 0) is 22.6 Å². The van der Waals surface area contributed by atoms with E-state index in [1.54, 1.807) is 13.8 Å². The number of ether oxygens (including phenoxy) is 1. The number of hydrogen-bond donors (Lipinski definition) is 1. The molecule has 1 N–H and O–H groups in total. The Bertz CT molecular complexity index is 1280. The van der Waals surface area contributed by atoms with Gasteiger partial charge in [-0.15, -0.1) is 0 Å². The summed E-state index contributed by atoms with van der Waals surface area (Å²) in [5.41, 5.74) is 1.34. The second-order valence-corrected chi connectivity index (χ2v) is 8.57. The third-order valence-corrected chi connectivity index (χ3v) is 6.06. The monoisotopic (exact) mass is 464 g/mol. The Labute approximate surface area is 196 Å². The number of anilines is 1. The van der Waals surface area contributed by atoms with Crippen molar-refractivity contribution in [3.63, 3.8) is 0 Å². The zero-order valence-electron chi connectivity index (χ0n) is 19.4. The van der Waals surface area contributed by atoms with Crippen LogP contribution in [0.2, 0.25) is 0 Å². The Morgan fingerprint density at radius 2 is 1.88 bits per heavy atom. The smallest absolute Gasteiger partial charge is 0.359 e. The number of methoxy groups -OCH3 is 1. The molecule has 4 rings (SSSR count). The molecule has 3 aromatic rings. The fourth-order valence-corrected chi connectivity index (χ4v) is 4.20. The van der Waals surface area contributed by atoms with Crippen LogP contribution in [0, 0.1) is 19.7 Å². The number of aromatic nitrogens is 2. The quantitative estimate of drug-likeness (QED) is 0.586. The Hall–Kier alpha value is -4.01. The lowest BCUT2D eigenvalue weighted by Crippen LogP contribution is -2.64. The summed E-state index contributed by atoms with van der Waals surface area (Å²) in [5.74, 6) is -2.22. The van der Waals surface area contributed by atoms with Gasteiger partial charge in [-0.3, -0.25) is 14.5 Å². The van der Waals surface area contributed by atoms with Crippen molar-refractivity contribution in [3.8, 4) is 0 Å². The standard InChI is InChI=1S/C25H25FN4O4/c1-15-5-7-17(8-6-15)12-27-24(33)25(3)13-29-14-28-20(23(32)34-4)21(29)22(31)30(25)19-10-9-18(26)11-16(19)2/h5-11,14H,12-13H2,1-4H3,(H,27,33). The Kier molecular flexibility index (Phi) is 5.95. The molecule has 0 aliphatic carbocycles. The highest BCUT2D eigenvalue weighted by Crippen LogP contribution is 2.35. The van der Waals surface area contributed by atoms with Crippen LogP contribution >= 0.6 is 0 Å². The van der Waals surface area contributed by atoms with E-state index in [0.29, 0.717) is 11.3 Å². The zero-order valence-corrected chi connectivity index (χ0v) is 19.4. The lowest BCUT2D eigenvalue weighted by atomic mass is 9.92. The van der Waals surface area contributed by atoms with Gasteiger partial charge in [0.25, 0.3) is 5.91 Å². The van der Waals surface area contributed by atoms with E-state index in [2.05, 4.69) is 10.3 Å². The molecule has 2 amide bonds. The van der Waals surface area contributed by atoms with E-state index in [1.807, 2.05) is 31.2 Å². The highest BCUT2D eigenvalue weighted by atomic mass is 19.1. The number of benzene rings is 2. The van der Waals surface area contributed by atoms with Gasteiger partial charge in [0.05, 0.1) is 20.0 Å². The van der Waals surface area contributed by atoms with Gasteiger partial charge in [-0.25, -0.2) is 14.2 Å². The number of halogens is 1. The second kappa shape index (κ2) is 8.74. The fraction of sp³-hybridized carbons (Fsp3) is 0.280. The molecule has 1 aliphatic heterocycles. The molecule has 0 saturated heterocycles. The van der Waals surface area contributed by atoms with Gasteiger partial charge in [0, 0.05) is 12.2 Å². The molecule has 1 aliphatic rings. The highest BCUT2D eigenvalue weighted by molar-refractivity contribution is 6.15. The van der Waals surface area contributed by atoms with Crippen LogP contribution < -0.4 is 10.2 Å². The Morgan fingerprint density at radius 1 is 1.18 bits per heavy atom. The molecule has 1 aromatic heterocycles. The summed E-state index contributed by atoms with van der Waals surface area (Å²) in [7, 11) is 1.20. The number of aryl methyl sites for hydroxylation is 2. The highest BCUT2D eigenvalue weighted by Gasteiger charge is 2.50. The van der Waals surface area contributed by atoms with Gasteiger partial charge in [-0.05, 0) is 50.1 Å². The molecule has 2 aromatic carbocycles. The molecule has 0 spiro atoms. The number of rotatable bonds is 5. The number of nitrogens with zero attached hydrogens (tertiary/aromatic N) is 3. The summed E-state index contributed by atoms with van der Waals surface area (Å²) in [5, 5.41) is 2.92. The normalized spacial score (nSPS) is 17.3. The maximum atomic E-state index is 13.8. The minimum atomic E-state index is -1.38. The number of imidazole rings is 1. The molecule has 1 unspecified atom stereocenters. The molecule has 2 heterocycles. The van der Waals surface area contributed by atoms with Crippen LogP contribution in [0.3, 0.4) is 0 Å².